The van der Waals surface area contributed by atoms with E-state index in [9.17, 15) is 24.6 Å². The third-order valence-corrected chi connectivity index (χ3v) is 9.12. The maximum absolute atomic E-state index is 14.0. The lowest BCUT2D eigenvalue weighted by atomic mass is 9.87. The van der Waals surface area contributed by atoms with Gasteiger partial charge in [0.2, 0.25) is 11.8 Å². The van der Waals surface area contributed by atoms with Crippen LogP contribution in [0.2, 0.25) is 10.0 Å². The number of benzene rings is 2. The molecule has 0 aromatic heterocycles. The van der Waals surface area contributed by atoms with Crippen molar-refractivity contribution in [3.8, 4) is 11.5 Å². The van der Waals surface area contributed by atoms with Crippen LogP contribution < -0.4 is 14.8 Å². The fourth-order valence-corrected chi connectivity index (χ4v) is 6.51. The van der Waals surface area contributed by atoms with E-state index in [0.717, 1.165) is 31.2 Å². The molecule has 226 valence electrons. The number of ether oxygens (including phenoxy) is 2. The SMILES string of the molecule is COc1cc(C=O)cc(I)c1O[C@H]1C=C(C(=O)NCCO)C[C@@H](N(Cc2ccc(Cl)c(Cl)c2)C(=O)C2CCCC2)[C@@H]1O. The minimum Gasteiger partial charge on any atom is -0.493 e. The molecule has 0 radical (unpaired) electrons. The number of carbonyl (C=O) groups is 3. The van der Waals surface area contributed by atoms with Gasteiger partial charge in [0.05, 0.1) is 33.4 Å². The maximum Gasteiger partial charge on any atom is 0.247 e. The van der Waals surface area contributed by atoms with Crippen molar-refractivity contribution in [2.45, 2.75) is 56.9 Å². The minimum absolute atomic E-state index is 0.0434. The second-order valence-electron chi connectivity index (χ2n) is 10.4. The molecule has 0 aliphatic heterocycles. The van der Waals surface area contributed by atoms with Gasteiger partial charge in [0.15, 0.2) is 11.5 Å². The Balaban J connectivity index is 1.74. The second kappa shape index (κ2) is 14.9. The molecule has 1 fully saturated rings. The zero-order chi connectivity index (χ0) is 30.4. The summed E-state index contributed by atoms with van der Waals surface area (Å²) in [5, 5.41) is 24.4. The van der Waals surface area contributed by atoms with Crippen molar-refractivity contribution in [1.29, 1.82) is 0 Å². The van der Waals surface area contributed by atoms with Crippen LogP contribution in [0.15, 0.2) is 42.0 Å². The fourth-order valence-electron chi connectivity index (χ4n) is 5.44. The Morgan fingerprint density at radius 2 is 1.90 bits per heavy atom. The molecule has 2 aliphatic rings. The van der Waals surface area contributed by atoms with E-state index >= 15 is 0 Å². The maximum atomic E-state index is 14.0. The molecule has 0 bridgehead atoms. The van der Waals surface area contributed by atoms with Gasteiger partial charge in [-0.2, -0.15) is 0 Å². The van der Waals surface area contributed by atoms with E-state index in [1.165, 1.54) is 19.3 Å². The highest BCUT2D eigenvalue weighted by Crippen LogP contribution is 2.38. The highest BCUT2D eigenvalue weighted by molar-refractivity contribution is 14.1. The van der Waals surface area contributed by atoms with Crippen LogP contribution in [0.4, 0.5) is 0 Å². The monoisotopic (exact) mass is 730 g/mol. The van der Waals surface area contributed by atoms with Gasteiger partial charge in [0.25, 0.3) is 0 Å². The van der Waals surface area contributed by atoms with Gasteiger partial charge in [-0.15, -0.1) is 0 Å². The van der Waals surface area contributed by atoms with Crippen molar-refractivity contribution in [2.75, 3.05) is 20.3 Å². The summed E-state index contributed by atoms with van der Waals surface area (Å²) in [6.07, 6.45) is 3.41. The number of amides is 2. The van der Waals surface area contributed by atoms with Crippen molar-refractivity contribution < 1.29 is 34.1 Å². The van der Waals surface area contributed by atoms with Gasteiger partial charge in [0, 0.05) is 36.6 Å². The number of aldehydes is 1. The molecule has 3 N–H and O–H groups in total. The summed E-state index contributed by atoms with van der Waals surface area (Å²) in [7, 11) is 1.44. The van der Waals surface area contributed by atoms with Gasteiger partial charge >= 0.3 is 0 Å². The number of methoxy groups -OCH3 is 1. The van der Waals surface area contributed by atoms with Crippen molar-refractivity contribution in [3.63, 3.8) is 0 Å². The average molecular weight is 731 g/mol. The molecular weight excluding hydrogens is 698 g/mol. The van der Waals surface area contributed by atoms with Crippen molar-refractivity contribution >= 4 is 63.9 Å². The normalized spacial score (nSPS) is 20.5. The summed E-state index contributed by atoms with van der Waals surface area (Å²) in [6.45, 7) is -0.0595. The third-order valence-electron chi connectivity index (χ3n) is 7.58. The summed E-state index contributed by atoms with van der Waals surface area (Å²) in [6, 6.07) is 7.45. The Labute approximate surface area is 268 Å². The van der Waals surface area contributed by atoms with Gasteiger partial charge in [-0.25, -0.2) is 0 Å². The van der Waals surface area contributed by atoms with E-state index in [1.54, 1.807) is 29.2 Å². The number of nitrogens with one attached hydrogen (secondary N) is 1. The molecule has 0 spiro atoms. The third kappa shape index (κ3) is 7.57. The molecule has 12 heteroatoms. The number of hydrogen-bond donors (Lipinski definition) is 3. The van der Waals surface area contributed by atoms with Gasteiger partial charge in [-0.05, 0) is 71.3 Å². The van der Waals surface area contributed by atoms with Gasteiger partial charge < -0.3 is 29.9 Å². The Kier molecular flexibility index (Phi) is 11.5. The van der Waals surface area contributed by atoms with Crippen molar-refractivity contribution in [3.05, 3.63) is 66.7 Å². The van der Waals surface area contributed by atoms with Crippen LogP contribution in [0.1, 0.15) is 48.0 Å². The zero-order valence-electron chi connectivity index (χ0n) is 23.0. The molecule has 2 aromatic carbocycles. The van der Waals surface area contributed by atoms with Crippen LogP contribution in [0.3, 0.4) is 0 Å². The number of halogens is 3. The molecule has 3 atom stereocenters. The molecule has 9 nitrogen and oxygen atoms in total. The standard InChI is InChI=1S/C30H33Cl2IN2O7/c1-41-26-12-18(16-37)11-23(33)28(26)42-25-14-20(29(39)34-8-9-36)13-24(27(25)38)35(30(40)19-4-2-3-5-19)15-17-6-7-21(31)22(32)10-17/h6-7,10-12,14,16,19,24-25,27,36,38H,2-5,8-9,13,15H2,1H3,(H,34,39)/t24-,25+,27+/m1/s1. The van der Waals surface area contributed by atoms with Crippen LogP contribution in [0.25, 0.3) is 0 Å². The molecule has 4 rings (SSSR count). The highest BCUT2D eigenvalue weighted by Gasteiger charge is 2.42. The molecule has 2 aromatic rings. The summed E-state index contributed by atoms with van der Waals surface area (Å²) in [4.78, 5) is 40.2. The molecule has 0 heterocycles. The van der Waals surface area contributed by atoms with E-state index in [4.69, 9.17) is 32.7 Å². The summed E-state index contributed by atoms with van der Waals surface area (Å²) < 4.78 is 12.3. The zero-order valence-corrected chi connectivity index (χ0v) is 26.7. The predicted molar refractivity (Wildman–Crippen MR) is 167 cm³/mol. The van der Waals surface area contributed by atoms with Gasteiger partial charge in [-0.3, -0.25) is 14.4 Å². The lowest BCUT2D eigenvalue weighted by Gasteiger charge is -2.41. The Hall–Kier alpha value is -2.38. The quantitative estimate of drug-likeness (QED) is 0.229. The number of aliphatic hydroxyl groups is 2. The summed E-state index contributed by atoms with van der Waals surface area (Å²) >= 11 is 14.4. The topological polar surface area (TPSA) is 125 Å². The first kappa shape index (κ1) is 32.5. The van der Waals surface area contributed by atoms with E-state index in [0.29, 0.717) is 31.0 Å². The lowest BCUT2D eigenvalue weighted by molar-refractivity contribution is -0.143. The number of nitrogens with zero attached hydrogens (tertiary/aromatic N) is 1. The van der Waals surface area contributed by atoms with Crippen LogP contribution in [-0.2, 0) is 16.1 Å². The van der Waals surface area contributed by atoms with Crippen LogP contribution in [0.5, 0.6) is 11.5 Å². The predicted octanol–water partition coefficient (Wildman–Crippen LogP) is 4.55. The van der Waals surface area contributed by atoms with Crippen LogP contribution in [0, 0.1) is 9.49 Å². The lowest BCUT2D eigenvalue weighted by Crippen LogP contribution is -2.55. The van der Waals surface area contributed by atoms with Crippen molar-refractivity contribution in [1.82, 2.24) is 10.2 Å². The van der Waals surface area contributed by atoms with E-state index in [-0.39, 0.29) is 49.4 Å². The van der Waals surface area contributed by atoms with Gasteiger partial charge in [0.1, 0.15) is 18.5 Å². The van der Waals surface area contributed by atoms with E-state index < -0.39 is 24.2 Å². The van der Waals surface area contributed by atoms with Crippen LogP contribution in [-0.4, -0.2) is 71.7 Å². The number of rotatable bonds is 11. The number of hydrogen-bond acceptors (Lipinski definition) is 7. The Morgan fingerprint density at radius 3 is 2.55 bits per heavy atom. The molecule has 2 aliphatic carbocycles. The summed E-state index contributed by atoms with van der Waals surface area (Å²) in [5.41, 5.74) is 1.42. The first-order valence-electron chi connectivity index (χ1n) is 13.7. The molecule has 1 saturated carbocycles. The molecular formula is C30H33Cl2IN2O7. The fraction of sp³-hybridized carbons (Fsp3) is 0.433. The largest absolute Gasteiger partial charge is 0.493 e. The van der Waals surface area contributed by atoms with Crippen molar-refractivity contribution in [2.24, 2.45) is 5.92 Å². The van der Waals surface area contributed by atoms with Gasteiger partial charge in [-0.1, -0.05) is 42.1 Å². The highest BCUT2D eigenvalue weighted by atomic mass is 127. The molecule has 0 unspecified atom stereocenters. The smallest absolute Gasteiger partial charge is 0.247 e. The number of carbonyl (C=O) groups excluding carboxylic acids is 3. The Morgan fingerprint density at radius 1 is 1.17 bits per heavy atom. The molecule has 2 amide bonds. The minimum atomic E-state index is -1.22. The molecule has 42 heavy (non-hydrogen) atoms. The first-order chi connectivity index (χ1) is 20.2. The molecule has 0 saturated heterocycles. The second-order valence-corrected chi connectivity index (χ2v) is 12.3. The van der Waals surface area contributed by atoms with Crippen LogP contribution >= 0.6 is 45.8 Å². The van der Waals surface area contributed by atoms with E-state index in [2.05, 4.69) is 5.32 Å². The number of aliphatic hydroxyl groups excluding tert-OH is 2. The average Bonchev–Trinajstić information content (AvgIpc) is 3.53. The Bertz CT molecular complexity index is 1350. The summed E-state index contributed by atoms with van der Waals surface area (Å²) in [5.74, 6) is -0.171. The first-order valence-corrected chi connectivity index (χ1v) is 15.5. The van der Waals surface area contributed by atoms with E-state index in [1.807, 2.05) is 22.6 Å².